The van der Waals surface area contributed by atoms with Gasteiger partial charge in [0, 0.05) is 11.1 Å². The van der Waals surface area contributed by atoms with Crippen molar-refractivity contribution < 1.29 is 13.6 Å². The predicted molar refractivity (Wildman–Crippen MR) is 109 cm³/mol. The minimum Gasteiger partial charge on any atom is -0.460 e. The monoisotopic (exact) mass is 412 g/mol. The molecule has 0 unspecified atom stereocenters. The lowest BCUT2D eigenvalue weighted by Gasteiger charge is -2.15. The zero-order chi connectivity index (χ0) is 20.5. The van der Waals surface area contributed by atoms with E-state index in [-0.39, 0.29) is 17.6 Å². The number of anilines is 1. The Bertz CT molecular complexity index is 1180. The molecule has 4 aromatic rings. The highest BCUT2D eigenvalue weighted by atomic mass is 35.5. The molecular formula is C21H18ClFN4O2. The lowest BCUT2D eigenvalue weighted by Crippen LogP contribution is -2.13. The van der Waals surface area contributed by atoms with Gasteiger partial charge in [-0.3, -0.25) is 4.79 Å². The van der Waals surface area contributed by atoms with Gasteiger partial charge in [-0.05, 0) is 49.2 Å². The first kappa shape index (κ1) is 19.1. The van der Waals surface area contributed by atoms with Gasteiger partial charge < -0.3 is 9.73 Å². The van der Waals surface area contributed by atoms with Crippen LogP contribution in [-0.4, -0.2) is 20.9 Å². The molecule has 2 aromatic heterocycles. The van der Waals surface area contributed by atoms with Crippen molar-refractivity contribution in [1.29, 1.82) is 0 Å². The molecule has 0 radical (unpaired) electrons. The fourth-order valence-electron chi connectivity index (χ4n) is 3.30. The van der Waals surface area contributed by atoms with E-state index in [4.69, 9.17) is 16.0 Å². The molecule has 0 aliphatic rings. The standard InChI is InChI=1S/C21H18ClFN4O2/c1-3-19(13-4-6-15(23)7-5-13)27-11-18(25-26-27)21(28)24-16-9-14-8-12(2)29-20(14)17(22)10-16/h4-11,19H,3H2,1-2H3,(H,24,28)/t19-/m0/s1. The van der Waals surface area contributed by atoms with Gasteiger partial charge in [0.2, 0.25) is 0 Å². The Morgan fingerprint density at radius 3 is 2.76 bits per heavy atom. The SMILES string of the molecule is CC[C@@H](c1ccc(F)cc1)n1cc(C(=O)Nc2cc(Cl)c3oc(C)cc3c2)nn1. The van der Waals surface area contributed by atoms with Crippen LogP contribution in [0, 0.1) is 12.7 Å². The highest BCUT2D eigenvalue weighted by Gasteiger charge is 2.18. The maximum Gasteiger partial charge on any atom is 0.277 e. The molecule has 1 atom stereocenters. The van der Waals surface area contributed by atoms with Gasteiger partial charge in [0.05, 0.1) is 17.3 Å². The average Bonchev–Trinajstić information content (AvgIpc) is 3.31. The molecule has 0 saturated heterocycles. The molecule has 0 bridgehead atoms. The van der Waals surface area contributed by atoms with E-state index in [1.54, 1.807) is 35.1 Å². The third-order valence-corrected chi connectivity index (χ3v) is 4.94. The first-order valence-corrected chi connectivity index (χ1v) is 9.50. The molecule has 1 N–H and O–H groups in total. The molecule has 2 aromatic carbocycles. The molecule has 6 nitrogen and oxygen atoms in total. The second-order valence-corrected chi connectivity index (χ2v) is 7.15. The number of halogens is 2. The average molecular weight is 413 g/mol. The molecule has 8 heteroatoms. The number of fused-ring (bicyclic) bond motifs is 1. The van der Waals surface area contributed by atoms with Gasteiger partial charge in [-0.2, -0.15) is 0 Å². The summed E-state index contributed by atoms with van der Waals surface area (Å²) in [5.74, 6) is 0.0336. The van der Waals surface area contributed by atoms with Gasteiger partial charge in [0.25, 0.3) is 5.91 Å². The second-order valence-electron chi connectivity index (χ2n) is 6.75. The van der Waals surface area contributed by atoms with Crippen LogP contribution in [0.25, 0.3) is 11.0 Å². The van der Waals surface area contributed by atoms with E-state index >= 15 is 0 Å². The van der Waals surface area contributed by atoms with Crippen molar-refractivity contribution in [2.45, 2.75) is 26.3 Å². The highest BCUT2D eigenvalue weighted by molar-refractivity contribution is 6.35. The number of benzene rings is 2. The summed E-state index contributed by atoms with van der Waals surface area (Å²) in [6.45, 7) is 3.82. The Morgan fingerprint density at radius 1 is 1.28 bits per heavy atom. The maximum atomic E-state index is 13.2. The third-order valence-electron chi connectivity index (χ3n) is 4.66. The van der Waals surface area contributed by atoms with Gasteiger partial charge in [-0.15, -0.1) is 5.10 Å². The zero-order valence-electron chi connectivity index (χ0n) is 15.8. The molecule has 0 aliphatic heterocycles. The lowest BCUT2D eigenvalue weighted by molar-refractivity contribution is 0.102. The number of aromatic nitrogens is 3. The number of hydrogen-bond acceptors (Lipinski definition) is 4. The van der Waals surface area contributed by atoms with Crippen LogP contribution in [0.2, 0.25) is 5.02 Å². The highest BCUT2D eigenvalue weighted by Crippen LogP contribution is 2.30. The molecule has 1 amide bonds. The van der Waals surface area contributed by atoms with Crippen LogP contribution >= 0.6 is 11.6 Å². The van der Waals surface area contributed by atoms with Crippen molar-refractivity contribution in [2.24, 2.45) is 0 Å². The van der Waals surface area contributed by atoms with Gasteiger partial charge in [0.15, 0.2) is 11.3 Å². The molecule has 0 spiro atoms. The van der Waals surface area contributed by atoms with Crippen LogP contribution in [0.3, 0.4) is 0 Å². The largest absolute Gasteiger partial charge is 0.460 e. The predicted octanol–water partition coefficient (Wildman–Crippen LogP) is 5.38. The van der Waals surface area contributed by atoms with Crippen LogP contribution in [0.4, 0.5) is 10.1 Å². The first-order chi connectivity index (χ1) is 13.9. The second kappa shape index (κ2) is 7.67. The minimum atomic E-state index is -0.402. The van der Waals surface area contributed by atoms with Crippen molar-refractivity contribution in [1.82, 2.24) is 15.0 Å². The topological polar surface area (TPSA) is 73.0 Å². The number of carbonyl (C=O) groups excluding carboxylic acids is 1. The van der Waals surface area contributed by atoms with Crippen molar-refractivity contribution in [3.8, 4) is 0 Å². The van der Waals surface area contributed by atoms with Gasteiger partial charge >= 0.3 is 0 Å². The van der Waals surface area contributed by atoms with Crippen molar-refractivity contribution in [2.75, 3.05) is 5.32 Å². The molecule has 4 rings (SSSR count). The summed E-state index contributed by atoms with van der Waals surface area (Å²) < 4.78 is 20.3. The summed E-state index contributed by atoms with van der Waals surface area (Å²) in [7, 11) is 0. The number of aryl methyl sites for hydroxylation is 1. The Hall–Kier alpha value is -3.19. The van der Waals surface area contributed by atoms with E-state index in [9.17, 15) is 9.18 Å². The van der Waals surface area contributed by atoms with E-state index in [2.05, 4.69) is 15.6 Å². The summed E-state index contributed by atoms with van der Waals surface area (Å²) in [4.78, 5) is 12.6. The summed E-state index contributed by atoms with van der Waals surface area (Å²) in [6.07, 6.45) is 2.29. The van der Waals surface area contributed by atoms with Crippen LogP contribution in [0.15, 0.2) is 53.1 Å². The van der Waals surface area contributed by atoms with E-state index < -0.39 is 5.91 Å². The molecule has 2 heterocycles. The Balaban J connectivity index is 1.56. The van der Waals surface area contributed by atoms with Gasteiger partial charge in [-0.1, -0.05) is 35.9 Å². The number of nitrogens with one attached hydrogen (secondary N) is 1. The summed E-state index contributed by atoms with van der Waals surface area (Å²) in [5.41, 5.74) is 2.18. The number of nitrogens with zero attached hydrogens (tertiary/aromatic N) is 3. The quantitative estimate of drug-likeness (QED) is 0.477. The maximum absolute atomic E-state index is 13.2. The summed E-state index contributed by atoms with van der Waals surface area (Å²) in [6, 6.07) is 11.3. The Labute approximate surface area is 171 Å². The van der Waals surface area contributed by atoms with Crippen molar-refractivity contribution >= 4 is 34.2 Å². The molecule has 29 heavy (non-hydrogen) atoms. The Kier molecular flexibility index (Phi) is 5.07. The van der Waals surface area contributed by atoms with Crippen LogP contribution in [0.1, 0.15) is 41.2 Å². The number of furan rings is 1. The summed E-state index contributed by atoms with van der Waals surface area (Å²) in [5, 5.41) is 12.1. The molecule has 0 aliphatic carbocycles. The summed E-state index contributed by atoms with van der Waals surface area (Å²) >= 11 is 6.24. The zero-order valence-corrected chi connectivity index (χ0v) is 16.6. The van der Waals surface area contributed by atoms with E-state index in [0.717, 1.165) is 16.7 Å². The van der Waals surface area contributed by atoms with Gasteiger partial charge in [-0.25, -0.2) is 9.07 Å². The van der Waals surface area contributed by atoms with Crippen LogP contribution in [-0.2, 0) is 0 Å². The fraction of sp³-hybridized carbons (Fsp3) is 0.190. The van der Waals surface area contributed by atoms with Crippen LogP contribution < -0.4 is 5.32 Å². The smallest absolute Gasteiger partial charge is 0.277 e. The van der Waals surface area contributed by atoms with E-state index in [0.29, 0.717) is 22.7 Å². The number of rotatable bonds is 5. The molecule has 148 valence electrons. The number of amides is 1. The van der Waals surface area contributed by atoms with E-state index in [1.807, 2.05) is 19.9 Å². The number of hydrogen-bond donors (Lipinski definition) is 1. The molecule has 0 saturated carbocycles. The lowest BCUT2D eigenvalue weighted by atomic mass is 10.0. The van der Waals surface area contributed by atoms with Crippen molar-refractivity contribution in [3.05, 3.63) is 76.5 Å². The Morgan fingerprint density at radius 2 is 2.03 bits per heavy atom. The van der Waals surface area contributed by atoms with Crippen molar-refractivity contribution in [3.63, 3.8) is 0 Å². The van der Waals surface area contributed by atoms with Gasteiger partial charge in [0.1, 0.15) is 11.6 Å². The molecular weight excluding hydrogens is 395 g/mol. The first-order valence-electron chi connectivity index (χ1n) is 9.13. The third kappa shape index (κ3) is 3.86. The molecule has 0 fully saturated rings. The normalized spacial score (nSPS) is 12.3. The fourth-order valence-corrected chi connectivity index (χ4v) is 3.57. The number of carbonyl (C=O) groups is 1. The van der Waals surface area contributed by atoms with Crippen LogP contribution in [0.5, 0.6) is 0 Å². The minimum absolute atomic E-state index is 0.149. The van der Waals surface area contributed by atoms with E-state index in [1.165, 1.54) is 12.1 Å².